The smallest absolute Gasteiger partial charge is 0.267 e. The Balaban J connectivity index is 1.84. The van der Waals surface area contributed by atoms with Gasteiger partial charge in [-0.1, -0.05) is 30.3 Å². The van der Waals surface area contributed by atoms with Crippen LogP contribution in [0.1, 0.15) is 19.4 Å². The van der Waals surface area contributed by atoms with E-state index < -0.39 is 5.54 Å². The summed E-state index contributed by atoms with van der Waals surface area (Å²) in [6, 6.07) is 16.0. The Labute approximate surface area is 145 Å². The standard InChI is InChI=1S/C19H19N3O3/c1-19(2,18(24)20-13-14-7-4-3-5-8-14)22-17(23)11-10-15(21-22)16-9-6-12-25-16/h3-12H,13H2,1-2H3,(H,20,24). The van der Waals surface area contributed by atoms with Crippen molar-refractivity contribution in [2.75, 3.05) is 0 Å². The quantitative estimate of drug-likeness (QED) is 0.776. The molecule has 128 valence electrons. The van der Waals surface area contributed by atoms with Gasteiger partial charge in [-0.15, -0.1) is 0 Å². The summed E-state index contributed by atoms with van der Waals surface area (Å²) in [6.07, 6.45) is 1.53. The summed E-state index contributed by atoms with van der Waals surface area (Å²) >= 11 is 0. The van der Waals surface area contributed by atoms with Crippen molar-refractivity contribution in [1.82, 2.24) is 15.1 Å². The molecule has 0 atom stereocenters. The van der Waals surface area contributed by atoms with Gasteiger partial charge < -0.3 is 9.73 Å². The van der Waals surface area contributed by atoms with Crippen LogP contribution < -0.4 is 10.9 Å². The number of carbonyl (C=O) groups excluding carboxylic acids is 1. The maximum Gasteiger partial charge on any atom is 0.267 e. The van der Waals surface area contributed by atoms with Gasteiger partial charge in [0.1, 0.15) is 11.2 Å². The van der Waals surface area contributed by atoms with Crippen LogP contribution in [0.2, 0.25) is 0 Å². The Morgan fingerprint density at radius 2 is 1.88 bits per heavy atom. The Morgan fingerprint density at radius 3 is 2.56 bits per heavy atom. The summed E-state index contributed by atoms with van der Waals surface area (Å²) in [5.74, 6) is 0.247. The molecule has 6 nitrogen and oxygen atoms in total. The highest BCUT2D eigenvalue weighted by Crippen LogP contribution is 2.18. The zero-order chi connectivity index (χ0) is 17.9. The van der Waals surface area contributed by atoms with Gasteiger partial charge >= 0.3 is 0 Å². The lowest BCUT2D eigenvalue weighted by Crippen LogP contribution is -2.49. The van der Waals surface area contributed by atoms with Crippen molar-refractivity contribution in [3.63, 3.8) is 0 Å². The molecule has 0 aliphatic rings. The van der Waals surface area contributed by atoms with E-state index in [1.165, 1.54) is 17.0 Å². The molecule has 0 fully saturated rings. The fourth-order valence-electron chi connectivity index (χ4n) is 2.46. The summed E-state index contributed by atoms with van der Waals surface area (Å²) in [4.78, 5) is 24.9. The van der Waals surface area contributed by atoms with Gasteiger partial charge in [-0.2, -0.15) is 5.10 Å². The van der Waals surface area contributed by atoms with Crippen LogP contribution in [0.3, 0.4) is 0 Å². The Hall–Kier alpha value is -3.15. The van der Waals surface area contributed by atoms with Gasteiger partial charge in [-0.05, 0) is 37.6 Å². The summed E-state index contributed by atoms with van der Waals surface area (Å²) in [6.45, 7) is 3.71. The number of nitrogens with one attached hydrogen (secondary N) is 1. The number of hydrogen-bond donors (Lipinski definition) is 1. The van der Waals surface area contributed by atoms with Crippen LogP contribution >= 0.6 is 0 Å². The highest BCUT2D eigenvalue weighted by atomic mass is 16.3. The van der Waals surface area contributed by atoms with E-state index in [0.717, 1.165) is 5.56 Å². The lowest BCUT2D eigenvalue weighted by molar-refractivity contribution is -0.129. The minimum atomic E-state index is -1.14. The molecule has 0 spiro atoms. The van der Waals surface area contributed by atoms with E-state index in [0.29, 0.717) is 18.0 Å². The van der Waals surface area contributed by atoms with E-state index in [9.17, 15) is 9.59 Å². The van der Waals surface area contributed by atoms with Crippen molar-refractivity contribution < 1.29 is 9.21 Å². The van der Waals surface area contributed by atoms with E-state index in [-0.39, 0.29) is 11.5 Å². The third kappa shape index (κ3) is 3.52. The first-order chi connectivity index (χ1) is 12.0. The Kier molecular flexibility index (Phi) is 4.52. The van der Waals surface area contributed by atoms with Gasteiger partial charge in [0, 0.05) is 12.6 Å². The van der Waals surface area contributed by atoms with Crippen molar-refractivity contribution >= 4 is 5.91 Å². The van der Waals surface area contributed by atoms with Gasteiger partial charge in [0.25, 0.3) is 5.56 Å². The summed E-state index contributed by atoms with van der Waals surface area (Å²) in [7, 11) is 0. The van der Waals surface area contributed by atoms with E-state index in [1.54, 1.807) is 32.0 Å². The maximum absolute atomic E-state index is 12.7. The molecule has 2 aromatic heterocycles. The second-order valence-electron chi connectivity index (χ2n) is 6.17. The van der Waals surface area contributed by atoms with Crippen LogP contribution in [0.25, 0.3) is 11.5 Å². The number of aromatic nitrogens is 2. The Morgan fingerprint density at radius 1 is 1.12 bits per heavy atom. The van der Waals surface area contributed by atoms with Gasteiger partial charge in [-0.3, -0.25) is 9.59 Å². The van der Waals surface area contributed by atoms with Crippen LogP contribution in [0.5, 0.6) is 0 Å². The summed E-state index contributed by atoms with van der Waals surface area (Å²) in [5.41, 5.74) is -0.0194. The van der Waals surface area contributed by atoms with E-state index >= 15 is 0 Å². The lowest BCUT2D eigenvalue weighted by Gasteiger charge is -2.25. The van der Waals surface area contributed by atoms with Crippen LogP contribution in [0.4, 0.5) is 0 Å². The highest BCUT2D eigenvalue weighted by Gasteiger charge is 2.32. The number of hydrogen-bond acceptors (Lipinski definition) is 4. The normalized spacial score (nSPS) is 11.3. The van der Waals surface area contributed by atoms with Crippen molar-refractivity contribution in [2.45, 2.75) is 25.9 Å². The van der Waals surface area contributed by atoms with E-state index in [4.69, 9.17) is 4.42 Å². The first kappa shape index (κ1) is 16.7. The van der Waals surface area contributed by atoms with E-state index in [2.05, 4.69) is 10.4 Å². The summed E-state index contributed by atoms with van der Waals surface area (Å²) in [5, 5.41) is 7.17. The predicted molar refractivity (Wildman–Crippen MR) is 93.8 cm³/mol. The van der Waals surface area contributed by atoms with Crippen molar-refractivity contribution in [2.24, 2.45) is 0 Å². The van der Waals surface area contributed by atoms with E-state index in [1.807, 2.05) is 30.3 Å². The Bertz CT molecular complexity index is 913. The number of benzene rings is 1. The van der Waals surface area contributed by atoms with Gasteiger partial charge in [0.05, 0.1) is 6.26 Å². The number of furan rings is 1. The molecule has 0 bridgehead atoms. The van der Waals surface area contributed by atoms with Crippen molar-refractivity contribution in [3.05, 3.63) is 76.8 Å². The third-order valence-corrected chi connectivity index (χ3v) is 3.95. The summed E-state index contributed by atoms with van der Waals surface area (Å²) < 4.78 is 6.50. The minimum absolute atomic E-state index is 0.289. The van der Waals surface area contributed by atoms with Crippen LogP contribution in [-0.4, -0.2) is 15.7 Å². The number of carbonyl (C=O) groups is 1. The predicted octanol–water partition coefficient (Wildman–Crippen LogP) is 2.55. The van der Waals surface area contributed by atoms with Crippen LogP contribution in [0, 0.1) is 0 Å². The number of amides is 1. The van der Waals surface area contributed by atoms with Crippen molar-refractivity contribution in [3.8, 4) is 11.5 Å². The van der Waals surface area contributed by atoms with Crippen molar-refractivity contribution in [1.29, 1.82) is 0 Å². The van der Waals surface area contributed by atoms with Gasteiger partial charge in [0.15, 0.2) is 5.76 Å². The first-order valence-electron chi connectivity index (χ1n) is 7.95. The average molecular weight is 337 g/mol. The highest BCUT2D eigenvalue weighted by molar-refractivity contribution is 5.83. The molecular weight excluding hydrogens is 318 g/mol. The minimum Gasteiger partial charge on any atom is -0.463 e. The zero-order valence-electron chi connectivity index (χ0n) is 14.1. The SMILES string of the molecule is CC(C)(C(=O)NCc1ccccc1)n1nc(-c2ccco2)ccc1=O. The molecule has 6 heteroatoms. The number of rotatable bonds is 5. The fraction of sp³-hybridized carbons (Fsp3) is 0.211. The molecule has 25 heavy (non-hydrogen) atoms. The fourth-order valence-corrected chi connectivity index (χ4v) is 2.46. The molecule has 0 radical (unpaired) electrons. The molecule has 2 heterocycles. The first-order valence-corrected chi connectivity index (χ1v) is 7.95. The maximum atomic E-state index is 12.7. The monoisotopic (exact) mass is 337 g/mol. The largest absolute Gasteiger partial charge is 0.463 e. The third-order valence-electron chi connectivity index (χ3n) is 3.95. The molecule has 0 saturated carbocycles. The topological polar surface area (TPSA) is 77.1 Å². The molecule has 0 aliphatic heterocycles. The molecule has 0 aliphatic carbocycles. The molecule has 0 unspecified atom stereocenters. The second kappa shape index (κ2) is 6.76. The molecule has 3 aromatic rings. The van der Waals surface area contributed by atoms with Gasteiger partial charge in [0.2, 0.25) is 5.91 Å². The second-order valence-corrected chi connectivity index (χ2v) is 6.17. The molecule has 1 aromatic carbocycles. The lowest BCUT2D eigenvalue weighted by atomic mass is 10.0. The molecule has 1 N–H and O–H groups in total. The number of nitrogens with zero attached hydrogens (tertiary/aromatic N) is 2. The van der Waals surface area contributed by atoms with Gasteiger partial charge in [-0.25, -0.2) is 4.68 Å². The zero-order valence-corrected chi connectivity index (χ0v) is 14.1. The van der Waals surface area contributed by atoms with Crippen LogP contribution in [-0.2, 0) is 16.9 Å². The molecule has 0 saturated heterocycles. The molecular formula is C19H19N3O3. The average Bonchev–Trinajstić information content (AvgIpc) is 3.15. The molecule has 1 amide bonds. The van der Waals surface area contributed by atoms with Crippen LogP contribution in [0.15, 0.2) is 70.1 Å². The molecule has 3 rings (SSSR count).